The molecule has 3 atom stereocenters. The summed E-state index contributed by atoms with van der Waals surface area (Å²) in [4.78, 5) is 0. The number of hydrogen-bond donors (Lipinski definition) is 0. The molecule has 2 unspecified atom stereocenters. The first-order chi connectivity index (χ1) is 4.22. The smallest absolute Gasteiger partial charge is 0.0575 e. The molecule has 0 amide bonds. The van der Waals surface area contributed by atoms with E-state index in [0.29, 0.717) is 6.10 Å². The maximum absolute atomic E-state index is 5.46. The number of hydrogen-bond acceptors (Lipinski definition) is 1. The summed E-state index contributed by atoms with van der Waals surface area (Å²) in [6.45, 7) is 7.71. The van der Waals surface area contributed by atoms with Crippen molar-refractivity contribution in [1.29, 1.82) is 0 Å². The zero-order valence-electron chi connectivity index (χ0n) is 6.55. The van der Waals surface area contributed by atoms with E-state index < -0.39 is 0 Å². The fourth-order valence-corrected chi connectivity index (χ4v) is 1.32. The van der Waals surface area contributed by atoms with Gasteiger partial charge in [-0.3, -0.25) is 0 Å². The number of ether oxygens (including phenoxy) is 1. The topological polar surface area (TPSA) is 9.23 Å². The highest BCUT2D eigenvalue weighted by molar-refractivity contribution is 4.72. The molecule has 9 heavy (non-hydrogen) atoms. The molecule has 0 N–H and O–H groups in total. The van der Waals surface area contributed by atoms with E-state index in [1.165, 1.54) is 6.42 Å². The summed E-state index contributed by atoms with van der Waals surface area (Å²) in [6.07, 6.45) is 1.72. The third kappa shape index (κ3) is 1.45. The van der Waals surface area contributed by atoms with Crippen molar-refractivity contribution in [2.75, 3.05) is 6.61 Å². The van der Waals surface area contributed by atoms with Crippen molar-refractivity contribution in [3.8, 4) is 0 Å². The van der Waals surface area contributed by atoms with E-state index >= 15 is 0 Å². The van der Waals surface area contributed by atoms with E-state index in [1.54, 1.807) is 0 Å². The van der Waals surface area contributed by atoms with Gasteiger partial charge in [-0.05, 0) is 25.2 Å². The minimum absolute atomic E-state index is 0.480. The first-order valence-electron chi connectivity index (χ1n) is 3.83. The normalized spacial score (nSPS) is 45.0. The van der Waals surface area contributed by atoms with Gasteiger partial charge in [0.15, 0.2) is 0 Å². The molecule has 0 aliphatic carbocycles. The Morgan fingerprint density at radius 3 is 2.33 bits per heavy atom. The zero-order chi connectivity index (χ0) is 6.85. The fourth-order valence-electron chi connectivity index (χ4n) is 1.32. The summed E-state index contributed by atoms with van der Waals surface area (Å²) >= 11 is 0. The predicted molar refractivity (Wildman–Crippen MR) is 38.4 cm³/mol. The monoisotopic (exact) mass is 128 g/mol. The second-order valence-electron chi connectivity index (χ2n) is 3.20. The lowest BCUT2D eigenvalue weighted by molar-refractivity contribution is -0.0345. The molecule has 54 valence electrons. The van der Waals surface area contributed by atoms with Crippen molar-refractivity contribution < 1.29 is 4.74 Å². The van der Waals surface area contributed by atoms with E-state index in [0.717, 1.165) is 18.4 Å². The van der Waals surface area contributed by atoms with Gasteiger partial charge in [0.2, 0.25) is 0 Å². The van der Waals surface area contributed by atoms with Crippen LogP contribution in [0.4, 0.5) is 0 Å². The van der Waals surface area contributed by atoms with Crippen LogP contribution in [0.2, 0.25) is 0 Å². The molecular weight excluding hydrogens is 112 g/mol. The van der Waals surface area contributed by atoms with Crippen LogP contribution in [-0.2, 0) is 4.74 Å². The lowest BCUT2D eigenvalue weighted by Crippen LogP contribution is -2.30. The minimum Gasteiger partial charge on any atom is -0.378 e. The highest BCUT2D eigenvalue weighted by Gasteiger charge is 2.23. The van der Waals surface area contributed by atoms with Gasteiger partial charge in [0, 0.05) is 6.61 Å². The fraction of sp³-hybridized carbons (Fsp3) is 1.00. The van der Waals surface area contributed by atoms with E-state index in [9.17, 15) is 0 Å². The second kappa shape index (κ2) is 2.70. The molecular formula is C8H16O. The van der Waals surface area contributed by atoms with Gasteiger partial charge < -0.3 is 4.74 Å². The average molecular weight is 128 g/mol. The Hall–Kier alpha value is -0.0400. The van der Waals surface area contributed by atoms with Crippen LogP contribution in [0.1, 0.15) is 27.2 Å². The lowest BCUT2D eigenvalue weighted by atomic mass is 9.87. The van der Waals surface area contributed by atoms with Crippen LogP contribution < -0.4 is 0 Å². The highest BCUT2D eigenvalue weighted by Crippen LogP contribution is 2.25. The first kappa shape index (κ1) is 7.07. The van der Waals surface area contributed by atoms with Crippen molar-refractivity contribution in [1.82, 2.24) is 0 Å². The molecule has 0 radical (unpaired) electrons. The first-order valence-corrected chi connectivity index (χ1v) is 3.83. The molecule has 1 nitrogen and oxygen atoms in total. The molecule has 1 aliphatic heterocycles. The molecule has 0 aromatic heterocycles. The Labute approximate surface area is 57.4 Å². The molecule has 1 rings (SSSR count). The maximum Gasteiger partial charge on any atom is 0.0575 e. The summed E-state index contributed by atoms with van der Waals surface area (Å²) in [6, 6.07) is 0. The van der Waals surface area contributed by atoms with Crippen molar-refractivity contribution in [2.24, 2.45) is 11.8 Å². The standard InChI is InChI=1S/C8H16O/c1-6-4-5-9-8(3)7(6)2/h6-8H,4-5H2,1-3H3/t6?,7-,8?/m1/s1. The summed E-state index contributed by atoms with van der Waals surface area (Å²) < 4.78 is 5.46. The zero-order valence-corrected chi connectivity index (χ0v) is 6.55. The Balaban J connectivity index is 2.41. The van der Waals surface area contributed by atoms with Crippen LogP contribution in [0.5, 0.6) is 0 Å². The van der Waals surface area contributed by atoms with Crippen molar-refractivity contribution >= 4 is 0 Å². The van der Waals surface area contributed by atoms with Crippen LogP contribution in [0.3, 0.4) is 0 Å². The molecule has 1 heterocycles. The maximum atomic E-state index is 5.46. The Morgan fingerprint density at radius 2 is 1.89 bits per heavy atom. The van der Waals surface area contributed by atoms with E-state index in [2.05, 4.69) is 20.8 Å². The van der Waals surface area contributed by atoms with Crippen LogP contribution >= 0.6 is 0 Å². The molecule has 0 bridgehead atoms. The van der Waals surface area contributed by atoms with E-state index in [1.807, 2.05) is 0 Å². The van der Waals surface area contributed by atoms with Crippen LogP contribution in [0.25, 0.3) is 0 Å². The summed E-state index contributed by atoms with van der Waals surface area (Å²) in [5.74, 6) is 1.60. The van der Waals surface area contributed by atoms with Crippen molar-refractivity contribution in [3.63, 3.8) is 0 Å². The van der Waals surface area contributed by atoms with Gasteiger partial charge in [0.05, 0.1) is 6.10 Å². The molecule has 1 heteroatoms. The van der Waals surface area contributed by atoms with Gasteiger partial charge in [-0.15, -0.1) is 0 Å². The molecule has 1 fully saturated rings. The Kier molecular flexibility index (Phi) is 2.12. The van der Waals surface area contributed by atoms with Gasteiger partial charge in [0.25, 0.3) is 0 Å². The number of rotatable bonds is 0. The van der Waals surface area contributed by atoms with Crippen molar-refractivity contribution in [2.45, 2.75) is 33.3 Å². The van der Waals surface area contributed by atoms with Crippen LogP contribution in [0, 0.1) is 11.8 Å². The van der Waals surface area contributed by atoms with Crippen molar-refractivity contribution in [3.05, 3.63) is 0 Å². The van der Waals surface area contributed by atoms with Gasteiger partial charge in [0.1, 0.15) is 0 Å². The van der Waals surface area contributed by atoms with Gasteiger partial charge >= 0.3 is 0 Å². The average Bonchev–Trinajstić information content (AvgIpc) is 1.83. The SMILES string of the molecule is CC1CCOC(C)[C@@H]1C. The largest absolute Gasteiger partial charge is 0.378 e. The molecule has 1 saturated heterocycles. The van der Waals surface area contributed by atoms with Gasteiger partial charge in [-0.25, -0.2) is 0 Å². The Bertz CT molecular complexity index is 80.6. The van der Waals surface area contributed by atoms with E-state index in [-0.39, 0.29) is 0 Å². The van der Waals surface area contributed by atoms with Crippen LogP contribution in [-0.4, -0.2) is 12.7 Å². The second-order valence-corrected chi connectivity index (χ2v) is 3.20. The molecule has 0 aromatic rings. The van der Waals surface area contributed by atoms with Gasteiger partial charge in [-0.2, -0.15) is 0 Å². The van der Waals surface area contributed by atoms with Crippen LogP contribution in [0.15, 0.2) is 0 Å². The lowest BCUT2D eigenvalue weighted by Gasteiger charge is -2.31. The molecule has 1 aliphatic rings. The minimum atomic E-state index is 0.480. The van der Waals surface area contributed by atoms with E-state index in [4.69, 9.17) is 4.74 Å². The summed E-state index contributed by atoms with van der Waals surface area (Å²) in [5.41, 5.74) is 0. The predicted octanol–water partition coefficient (Wildman–Crippen LogP) is 2.07. The quantitative estimate of drug-likeness (QED) is 0.485. The third-order valence-corrected chi connectivity index (χ3v) is 2.59. The summed E-state index contributed by atoms with van der Waals surface area (Å²) in [7, 11) is 0. The summed E-state index contributed by atoms with van der Waals surface area (Å²) in [5, 5.41) is 0. The highest BCUT2D eigenvalue weighted by atomic mass is 16.5. The van der Waals surface area contributed by atoms with Gasteiger partial charge in [-0.1, -0.05) is 13.8 Å². The molecule has 0 spiro atoms. The molecule has 0 saturated carbocycles. The Morgan fingerprint density at radius 1 is 1.22 bits per heavy atom. The third-order valence-electron chi connectivity index (χ3n) is 2.59. The molecule has 0 aromatic carbocycles.